The van der Waals surface area contributed by atoms with Gasteiger partial charge in [-0.2, -0.15) is 5.26 Å². The molecular formula is C13H13N3O3S. The van der Waals surface area contributed by atoms with Crippen LogP contribution in [0.5, 0.6) is 0 Å². The van der Waals surface area contributed by atoms with E-state index in [1.807, 2.05) is 0 Å². The molecule has 0 amide bonds. The summed E-state index contributed by atoms with van der Waals surface area (Å²) < 4.78 is 4.88. The molecule has 1 aromatic rings. The van der Waals surface area contributed by atoms with E-state index in [1.165, 1.54) is 18.7 Å². The Morgan fingerprint density at radius 1 is 1.55 bits per heavy atom. The van der Waals surface area contributed by atoms with Gasteiger partial charge < -0.3 is 10.5 Å². The number of nitrogens with two attached hydrogens (primary N) is 1. The van der Waals surface area contributed by atoms with Crippen molar-refractivity contribution in [2.75, 3.05) is 12.9 Å². The molecule has 20 heavy (non-hydrogen) atoms. The topological polar surface area (TPSA) is 106 Å². The van der Waals surface area contributed by atoms with Gasteiger partial charge in [-0.25, -0.2) is 9.78 Å². The van der Waals surface area contributed by atoms with E-state index in [2.05, 4.69) is 4.98 Å². The first kappa shape index (κ1) is 15.7. The third-order valence-electron chi connectivity index (χ3n) is 2.30. The third kappa shape index (κ3) is 3.83. The summed E-state index contributed by atoms with van der Waals surface area (Å²) in [7, 11) is 0. The number of pyridine rings is 1. The number of allylic oxidation sites excluding steroid dienone is 1. The largest absolute Gasteiger partial charge is 0.454 e. The molecule has 0 fully saturated rings. The Balaban J connectivity index is 2.77. The van der Waals surface area contributed by atoms with E-state index >= 15 is 0 Å². The van der Waals surface area contributed by atoms with Crippen LogP contribution in [0.3, 0.4) is 0 Å². The summed E-state index contributed by atoms with van der Waals surface area (Å²) in [6.07, 6.45) is 3.33. The molecule has 1 aromatic heterocycles. The number of hydrogen-bond acceptors (Lipinski definition) is 7. The van der Waals surface area contributed by atoms with E-state index in [0.29, 0.717) is 5.03 Å². The summed E-state index contributed by atoms with van der Waals surface area (Å²) in [4.78, 5) is 27.5. The van der Waals surface area contributed by atoms with Gasteiger partial charge in [0.15, 0.2) is 6.61 Å². The van der Waals surface area contributed by atoms with Gasteiger partial charge in [0, 0.05) is 11.9 Å². The molecule has 2 N–H and O–H groups in total. The number of nitriles is 1. The van der Waals surface area contributed by atoms with E-state index in [4.69, 9.17) is 15.7 Å². The number of Topliss-reactive ketones (excluding diaryl/α,β-unsaturated/α-hetero) is 1. The lowest BCUT2D eigenvalue weighted by Crippen LogP contribution is -2.18. The van der Waals surface area contributed by atoms with Gasteiger partial charge in [-0.1, -0.05) is 0 Å². The number of carbonyl (C=O) groups excluding carboxylic acids is 2. The number of ketones is 1. The van der Waals surface area contributed by atoms with E-state index in [9.17, 15) is 9.59 Å². The van der Waals surface area contributed by atoms with Crippen LogP contribution in [0.2, 0.25) is 0 Å². The highest BCUT2D eigenvalue weighted by Crippen LogP contribution is 2.17. The number of nitrogens with zero attached hydrogens (tertiary/aromatic N) is 2. The molecule has 0 atom stereocenters. The van der Waals surface area contributed by atoms with Crippen LogP contribution in [0.1, 0.15) is 17.3 Å². The summed E-state index contributed by atoms with van der Waals surface area (Å²) in [6, 6.07) is 4.84. The van der Waals surface area contributed by atoms with Crippen molar-refractivity contribution in [3.05, 3.63) is 35.2 Å². The van der Waals surface area contributed by atoms with E-state index in [-0.39, 0.29) is 16.8 Å². The summed E-state index contributed by atoms with van der Waals surface area (Å²) in [5.41, 5.74) is 5.57. The van der Waals surface area contributed by atoms with Crippen LogP contribution in [-0.4, -0.2) is 29.6 Å². The van der Waals surface area contributed by atoms with Crippen molar-refractivity contribution in [2.45, 2.75) is 11.9 Å². The average molecular weight is 291 g/mol. The third-order valence-corrected chi connectivity index (χ3v) is 3.02. The lowest BCUT2D eigenvalue weighted by molar-refractivity contribution is -0.118. The molecular weight excluding hydrogens is 278 g/mol. The minimum Gasteiger partial charge on any atom is -0.454 e. The zero-order chi connectivity index (χ0) is 15.1. The highest BCUT2D eigenvalue weighted by Gasteiger charge is 2.17. The number of aromatic nitrogens is 1. The van der Waals surface area contributed by atoms with Crippen molar-refractivity contribution in [3.8, 4) is 6.07 Å². The molecule has 0 saturated heterocycles. The molecule has 7 heteroatoms. The Hall–Kier alpha value is -2.33. The molecule has 0 aliphatic heterocycles. The Morgan fingerprint density at radius 3 is 2.80 bits per heavy atom. The lowest BCUT2D eigenvalue weighted by atomic mass is 10.1. The fourth-order valence-corrected chi connectivity index (χ4v) is 1.90. The number of hydrogen-bond donors (Lipinski definition) is 1. The van der Waals surface area contributed by atoms with Gasteiger partial charge in [-0.05, 0) is 25.3 Å². The number of ether oxygens (including phenoxy) is 1. The second-order valence-corrected chi connectivity index (χ2v) is 4.52. The van der Waals surface area contributed by atoms with Crippen molar-refractivity contribution in [2.24, 2.45) is 5.73 Å². The van der Waals surface area contributed by atoms with Crippen LogP contribution in [0.25, 0.3) is 0 Å². The van der Waals surface area contributed by atoms with Crippen molar-refractivity contribution < 1.29 is 14.3 Å². The van der Waals surface area contributed by atoms with Crippen molar-refractivity contribution >= 4 is 23.5 Å². The molecule has 1 rings (SSSR count). The predicted molar refractivity (Wildman–Crippen MR) is 73.8 cm³/mol. The molecule has 0 spiro atoms. The molecule has 104 valence electrons. The number of rotatable bonds is 5. The summed E-state index contributed by atoms with van der Waals surface area (Å²) in [5, 5.41) is 9.28. The minimum absolute atomic E-state index is 0.0970. The number of thioether (sulfide) groups is 1. The highest BCUT2D eigenvalue weighted by atomic mass is 32.2. The Kier molecular flexibility index (Phi) is 5.74. The van der Waals surface area contributed by atoms with E-state index < -0.39 is 18.4 Å². The maximum Gasteiger partial charge on any atom is 0.341 e. The van der Waals surface area contributed by atoms with Gasteiger partial charge in [0.2, 0.25) is 5.78 Å². The maximum absolute atomic E-state index is 11.9. The summed E-state index contributed by atoms with van der Waals surface area (Å²) in [6.45, 7) is 0.907. The number of carbonyl (C=O) groups is 2. The zero-order valence-electron chi connectivity index (χ0n) is 11.0. The first-order valence-corrected chi connectivity index (χ1v) is 6.79. The smallest absolute Gasteiger partial charge is 0.341 e. The van der Waals surface area contributed by atoms with E-state index in [0.717, 1.165) is 0 Å². The first-order valence-electron chi connectivity index (χ1n) is 5.57. The van der Waals surface area contributed by atoms with Gasteiger partial charge >= 0.3 is 5.97 Å². The van der Waals surface area contributed by atoms with Crippen LogP contribution in [0.15, 0.2) is 34.6 Å². The average Bonchev–Trinajstić information content (AvgIpc) is 2.45. The Labute approximate surface area is 120 Å². The monoisotopic (exact) mass is 291 g/mol. The van der Waals surface area contributed by atoms with Crippen molar-refractivity contribution in [1.29, 1.82) is 5.26 Å². The molecule has 1 heterocycles. The molecule has 0 unspecified atom stereocenters. The van der Waals surface area contributed by atoms with Gasteiger partial charge in [-0.15, -0.1) is 11.8 Å². The molecule has 6 nitrogen and oxygen atoms in total. The van der Waals surface area contributed by atoms with Crippen molar-refractivity contribution in [3.63, 3.8) is 0 Å². The fraction of sp³-hybridized carbons (Fsp3) is 0.231. The van der Waals surface area contributed by atoms with Gasteiger partial charge in [0.25, 0.3) is 0 Å². The zero-order valence-corrected chi connectivity index (χ0v) is 11.9. The van der Waals surface area contributed by atoms with Gasteiger partial charge in [-0.3, -0.25) is 4.79 Å². The Morgan fingerprint density at radius 2 is 2.25 bits per heavy atom. The minimum atomic E-state index is -0.664. The summed E-state index contributed by atoms with van der Waals surface area (Å²) >= 11 is 1.30. The van der Waals surface area contributed by atoms with Crippen molar-refractivity contribution in [1.82, 2.24) is 4.98 Å². The van der Waals surface area contributed by atoms with E-state index in [1.54, 1.807) is 30.7 Å². The number of esters is 1. The second-order valence-electron chi connectivity index (χ2n) is 3.73. The predicted octanol–water partition coefficient (Wildman–Crippen LogP) is 1.29. The van der Waals surface area contributed by atoms with Crippen LogP contribution >= 0.6 is 11.8 Å². The van der Waals surface area contributed by atoms with Gasteiger partial charge in [0.1, 0.15) is 16.7 Å². The lowest BCUT2D eigenvalue weighted by Gasteiger charge is -2.06. The van der Waals surface area contributed by atoms with Gasteiger partial charge in [0.05, 0.1) is 5.56 Å². The second kappa shape index (κ2) is 7.31. The van der Waals surface area contributed by atoms with Crippen LogP contribution < -0.4 is 5.73 Å². The molecule has 0 radical (unpaired) electrons. The first-order chi connectivity index (χ1) is 9.51. The normalized spacial score (nSPS) is 11.2. The molecule has 0 saturated carbocycles. The maximum atomic E-state index is 11.9. The molecule has 0 aliphatic rings. The standard InChI is InChI=1S/C13H13N3O3S/c1-8(15)10(6-14)11(17)7-19-13(18)9-4-3-5-16-12(9)20-2/h3-5H,7,15H2,1-2H3. The van der Waals surface area contributed by atoms with Crippen LogP contribution in [0, 0.1) is 11.3 Å². The molecule has 0 aromatic carbocycles. The quantitative estimate of drug-likeness (QED) is 0.377. The highest BCUT2D eigenvalue weighted by molar-refractivity contribution is 7.98. The fourth-order valence-electron chi connectivity index (χ4n) is 1.36. The van der Waals surface area contributed by atoms with Crippen LogP contribution in [0.4, 0.5) is 0 Å². The SMILES string of the molecule is CSc1ncccc1C(=O)OCC(=O)C(C#N)=C(C)N. The van der Waals surface area contributed by atoms with Crippen LogP contribution in [-0.2, 0) is 9.53 Å². The molecule has 0 bridgehead atoms. The summed E-state index contributed by atoms with van der Waals surface area (Å²) in [5.74, 6) is -1.29. The molecule has 0 aliphatic carbocycles. The Bertz CT molecular complexity index is 601.